The van der Waals surface area contributed by atoms with Crippen molar-refractivity contribution in [1.29, 1.82) is 0 Å². The number of benzene rings is 1. The second-order valence-corrected chi connectivity index (χ2v) is 4.47. The number of fused-ring (bicyclic) bond motifs is 1. The summed E-state index contributed by atoms with van der Waals surface area (Å²) in [5.41, 5.74) is 0.766. The largest absolute Gasteiger partial charge is 0.390 e. The number of nitrogens with one attached hydrogen (secondary N) is 1. The summed E-state index contributed by atoms with van der Waals surface area (Å²) in [4.78, 5) is 3.00. The van der Waals surface area contributed by atoms with Crippen molar-refractivity contribution >= 4 is 10.9 Å². The van der Waals surface area contributed by atoms with Crippen LogP contribution in [0.1, 0.15) is 19.4 Å². The highest BCUT2D eigenvalue weighted by Gasteiger charge is 2.17. The second-order valence-electron chi connectivity index (χ2n) is 4.47. The van der Waals surface area contributed by atoms with E-state index in [2.05, 4.69) is 4.98 Å². The zero-order valence-corrected chi connectivity index (χ0v) is 8.84. The van der Waals surface area contributed by atoms with Gasteiger partial charge in [0.25, 0.3) is 0 Å². The summed E-state index contributed by atoms with van der Waals surface area (Å²) in [6.45, 7) is 3.43. The Hall–Kier alpha value is -1.35. The minimum atomic E-state index is -0.822. The Morgan fingerprint density at radius 2 is 2.13 bits per heavy atom. The van der Waals surface area contributed by atoms with Crippen molar-refractivity contribution in [3.05, 3.63) is 35.8 Å². The second kappa shape index (κ2) is 3.35. The van der Waals surface area contributed by atoms with Gasteiger partial charge in [0.2, 0.25) is 0 Å². The van der Waals surface area contributed by atoms with Gasteiger partial charge in [-0.3, -0.25) is 0 Å². The number of rotatable bonds is 2. The molecule has 15 heavy (non-hydrogen) atoms. The van der Waals surface area contributed by atoms with Crippen molar-refractivity contribution in [2.45, 2.75) is 25.9 Å². The topological polar surface area (TPSA) is 36.0 Å². The molecule has 1 aromatic heterocycles. The van der Waals surface area contributed by atoms with Crippen molar-refractivity contribution in [2.75, 3.05) is 0 Å². The molecule has 0 saturated heterocycles. The van der Waals surface area contributed by atoms with Gasteiger partial charge in [-0.1, -0.05) is 6.07 Å². The maximum atomic E-state index is 13.6. The normalized spacial score (nSPS) is 12.3. The maximum Gasteiger partial charge on any atom is 0.132 e. The van der Waals surface area contributed by atoms with Crippen LogP contribution in [0.2, 0.25) is 0 Å². The fourth-order valence-corrected chi connectivity index (χ4v) is 1.81. The van der Waals surface area contributed by atoms with Crippen molar-refractivity contribution in [1.82, 2.24) is 4.98 Å². The first-order valence-corrected chi connectivity index (χ1v) is 4.94. The highest BCUT2D eigenvalue weighted by atomic mass is 19.1. The molecule has 2 aromatic rings. The summed E-state index contributed by atoms with van der Waals surface area (Å²) in [7, 11) is 0. The molecule has 0 fully saturated rings. The average molecular weight is 207 g/mol. The molecule has 0 amide bonds. The van der Waals surface area contributed by atoms with Crippen LogP contribution in [0.25, 0.3) is 10.9 Å². The first-order chi connectivity index (χ1) is 6.97. The van der Waals surface area contributed by atoms with E-state index < -0.39 is 5.60 Å². The van der Waals surface area contributed by atoms with Crippen molar-refractivity contribution < 1.29 is 9.50 Å². The molecule has 0 unspecified atom stereocenters. The third kappa shape index (κ3) is 2.02. The quantitative estimate of drug-likeness (QED) is 0.780. The Balaban J connectivity index is 2.53. The van der Waals surface area contributed by atoms with Crippen LogP contribution >= 0.6 is 0 Å². The Bertz CT molecular complexity index is 482. The summed E-state index contributed by atoms with van der Waals surface area (Å²) in [6.07, 6.45) is 2.19. The molecule has 0 atom stereocenters. The van der Waals surface area contributed by atoms with Crippen LogP contribution in [0.3, 0.4) is 0 Å². The van der Waals surface area contributed by atoms with E-state index in [-0.39, 0.29) is 5.82 Å². The number of H-pyrrole nitrogens is 1. The van der Waals surface area contributed by atoms with Gasteiger partial charge in [-0.25, -0.2) is 4.39 Å². The molecule has 0 saturated carbocycles. The van der Waals surface area contributed by atoms with Crippen LogP contribution < -0.4 is 0 Å². The number of hydrogen-bond donors (Lipinski definition) is 2. The fraction of sp³-hybridized carbons (Fsp3) is 0.333. The molecule has 2 N–H and O–H groups in total. The zero-order valence-electron chi connectivity index (χ0n) is 8.84. The molecule has 1 aromatic carbocycles. The van der Waals surface area contributed by atoms with E-state index in [1.165, 1.54) is 6.07 Å². The summed E-state index contributed by atoms with van der Waals surface area (Å²) in [5, 5.41) is 10.3. The monoisotopic (exact) mass is 207 g/mol. The van der Waals surface area contributed by atoms with Crippen LogP contribution in [-0.4, -0.2) is 15.7 Å². The molecule has 0 bridgehead atoms. The molecule has 0 aliphatic carbocycles. The van der Waals surface area contributed by atoms with Crippen LogP contribution in [0.15, 0.2) is 24.4 Å². The Labute approximate surface area is 87.7 Å². The van der Waals surface area contributed by atoms with Crippen molar-refractivity contribution in [2.24, 2.45) is 0 Å². The van der Waals surface area contributed by atoms with Gasteiger partial charge >= 0.3 is 0 Å². The molecule has 0 aliphatic heterocycles. The standard InChI is InChI=1S/C12H14FNO/c1-12(2,15)6-8-7-14-10-5-3-4-9(13)11(8)10/h3-5,7,14-15H,6H2,1-2H3. The minimum absolute atomic E-state index is 0.243. The lowest BCUT2D eigenvalue weighted by molar-refractivity contribution is 0.0813. The first-order valence-electron chi connectivity index (χ1n) is 4.94. The summed E-state index contributed by atoms with van der Waals surface area (Å²) in [6, 6.07) is 4.93. The van der Waals surface area contributed by atoms with Crippen molar-refractivity contribution in [3.63, 3.8) is 0 Å². The molecule has 0 radical (unpaired) electrons. The van der Waals surface area contributed by atoms with E-state index in [0.29, 0.717) is 11.8 Å². The third-order valence-electron chi connectivity index (χ3n) is 2.36. The number of halogens is 1. The number of aromatic amines is 1. The van der Waals surface area contributed by atoms with Gasteiger partial charge < -0.3 is 10.1 Å². The molecule has 2 nitrogen and oxygen atoms in total. The first kappa shape index (κ1) is 10.2. The Morgan fingerprint density at radius 1 is 1.40 bits per heavy atom. The Morgan fingerprint density at radius 3 is 2.80 bits per heavy atom. The third-order valence-corrected chi connectivity index (χ3v) is 2.36. The highest BCUT2D eigenvalue weighted by Crippen LogP contribution is 2.24. The Kier molecular flexibility index (Phi) is 2.27. The van der Waals surface area contributed by atoms with Gasteiger partial charge in [-0.05, 0) is 31.5 Å². The lowest BCUT2D eigenvalue weighted by Gasteiger charge is -2.16. The van der Waals surface area contributed by atoms with Gasteiger partial charge in [0.15, 0.2) is 0 Å². The zero-order chi connectivity index (χ0) is 11.1. The summed E-state index contributed by atoms with van der Waals surface area (Å²) < 4.78 is 13.6. The average Bonchev–Trinajstić information content (AvgIpc) is 2.47. The van der Waals surface area contributed by atoms with E-state index in [1.54, 1.807) is 26.1 Å². The lowest BCUT2D eigenvalue weighted by Crippen LogP contribution is -2.21. The van der Waals surface area contributed by atoms with E-state index in [9.17, 15) is 9.50 Å². The van der Waals surface area contributed by atoms with Crippen LogP contribution in [0.4, 0.5) is 4.39 Å². The van der Waals surface area contributed by atoms with Gasteiger partial charge in [0.05, 0.1) is 5.60 Å². The minimum Gasteiger partial charge on any atom is -0.390 e. The molecule has 3 heteroatoms. The van der Waals surface area contributed by atoms with Gasteiger partial charge in [0.1, 0.15) is 5.82 Å². The van der Waals surface area contributed by atoms with Crippen LogP contribution in [0.5, 0.6) is 0 Å². The molecule has 0 spiro atoms. The fourth-order valence-electron chi connectivity index (χ4n) is 1.81. The summed E-state index contributed by atoms with van der Waals surface area (Å²) >= 11 is 0. The van der Waals surface area contributed by atoms with E-state index in [0.717, 1.165) is 11.1 Å². The molecular weight excluding hydrogens is 193 g/mol. The van der Waals surface area contributed by atoms with Gasteiger partial charge in [-0.15, -0.1) is 0 Å². The number of aromatic nitrogens is 1. The van der Waals surface area contributed by atoms with Gasteiger partial charge in [-0.2, -0.15) is 0 Å². The highest BCUT2D eigenvalue weighted by molar-refractivity contribution is 5.83. The maximum absolute atomic E-state index is 13.6. The lowest BCUT2D eigenvalue weighted by atomic mass is 9.98. The molecule has 2 rings (SSSR count). The molecule has 0 aliphatic rings. The van der Waals surface area contributed by atoms with Crippen molar-refractivity contribution in [3.8, 4) is 0 Å². The van der Waals surface area contributed by atoms with E-state index in [1.807, 2.05) is 6.07 Å². The van der Waals surface area contributed by atoms with Gasteiger partial charge in [0, 0.05) is 23.5 Å². The number of aliphatic hydroxyl groups is 1. The van der Waals surface area contributed by atoms with E-state index in [4.69, 9.17) is 0 Å². The van der Waals surface area contributed by atoms with E-state index >= 15 is 0 Å². The molecule has 1 heterocycles. The van der Waals surface area contributed by atoms with Crippen LogP contribution in [0, 0.1) is 5.82 Å². The SMILES string of the molecule is CC(C)(O)Cc1c[nH]c2cccc(F)c12. The number of hydrogen-bond acceptors (Lipinski definition) is 1. The molecular formula is C12H14FNO. The predicted molar refractivity (Wildman–Crippen MR) is 58.3 cm³/mol. The molecule has 80 valence electrons. The predicted octanol–water partition coefficient (Wildman–Crippen LogP) is 2.62. The summed E-state index contributed by atoms with van der Waals surface area (Å²) in [5.74, 6) is -0.243. The smallest absolute Gasteiger partial charge is 0.132 e. The van der Waals surface area contributed by atoms with Crippen LogP contribution in [-0.2, 0) is 6.42 Å².